The van der Waals surface area contributed by atoms with E-state index < -0.39 is 0 Å². The molecule has 0 saturated carbocycles. The van der Waals surface area contributed by atoms with E-state index in [1.807, 2.05) is 30.3 Å². The van der Waals surface area contributed by atoms with Gasteiger partial charge >= 0.3 is 0 Å². The summed E-state index contributed by atoms with van der Waals surface area (Å²) in [4.78, 5) is 24.0. The lowest BCUT2D eigenvalue weighted by molar-refractivity contribution is -0.115. The van der Waals surface area contributed by atoms with E-state index in [9.17, 15) is 9.59 Å². The van der Waals surface area contributed by atoms with Gasteiger partial charge in [0.2, 0.25) is 5.91 Å². The van der Waals surface area contributed by atoms with Crippen LogP contribution in [0, 0.1) is 0 Å². The normalized spacial score (nSPS) is 10.2. The molecule has 0 aliphatic rings. The van der Waals surface area contributed by atoms with Crippen LogP contribution in [-0.4, -0.2) is 18.4 Å². The highest BCUT2D eigenvalue weighted by molar-refractivity contribution is 9.10. The van der Waals surface area contributed by atoms with Crippen LogP contribution in [0.3, 0.4) is 0 Å². The van der Waals surface area contributed by atoms with Crippen molar-refractivity contribution in [3.05, 3.63) is 64.1 Å². The summed E-state index contributed by atoms with van der Waals surface area (Å²) < 4.78 is 0.700. The Morgan fingerprint density at radius 2 is 1.75 bits per heavy atom. The number of amides is 2. The molecule has 2 N–H and O–H groups in total. The molecule has 0 spiro atoms. The molecule has 0 saturated heterocycles. The van der Waals surface area contributed by atoms with Gasteiger partial charge in [0.15, 0.2) is 0 Å². The molecule has 0 fully saturated rings. The first kappa shape index (κ1) is 18.2. The number of rotatable bonds is 7. The van der Waals surface area contributed by atoms with Crippen LogP contribution in [0.4, 0.5) is 5.69 Å². The second-order valence-corrected chi connectivity index (χ2v) is 6.37. The number of halogens is 1. The van der Waals surface area contributed by atoms with Crippen molar-refractivity contribution in [1.29, 1.82) is 0 Å². The minimum absolute atomic E-state index is 0.0717. The largest absolute Gasteiger partial charge is 0.343 e. The van der Waals surface area contributed by atoms with Gasteiger partial charge in [0, 0.05) is 10.2 Å². The molecule has 0 unspecified atom stereocenters. The van der Waals surface area contributed by atoms with Crippen molar-refractivity contribution in [2.24, 2.45) is 0 Å². The summed E-state index contributed by atoms with van der Waals surface area (Å²) >= 11 is 3.32. The highest BCUT2D eigenvalue weighted by atomic mass is 79.9. The molecule has 0 heterocycles. The van der Waals surface area contributed by atoms with Crippen LogP contribution >= 0.6 is 15.9 Å². The van der Waals surface area contributed by atoms with Gasteiger partial charge < -0.3 is 10.6 Å². The highest BCUT2D eigenvalue weighted by Crippen LogP contribution is 2.15. The van der Waals surface area contributed by atoms with Crippen molar-refractivity contribution in [1.82, 2.24) is 5.32 Å². The van der Waals surface area contributed by atoms with Crippen molar-refractivity contribution in [3.63, 3.8) is 0 Å². The average molecular weight is 389 g/mol. The van der Waals surface area contributed by atoms with Gasteiger partial charge in [0.1, 0.15) is 0 Å². The highest BCUT2D eigenvalue weighted by Gasteiger charge is 2.10. The molecule has 0 aromatic heterocycles. The SMILES string of the molecule is CCCCc1ccc(NC(=O)CNC(=O)c2ccccc2Br)cc1. The van der Waals surface area contributed by atoms with E-state index in [4.69, 9.17) is 0 Å². The molecule has 2 aromatic carbocycles. The van der Waals surface area contributed by atoms with E-state index in [-0.39, 0.29) is 18.4 Å². The number of aryl methyl sites for hydroxylation is 1. The predicted octanol–water partition coefficient (Wildman–Crippen LogP) is 4.16. The molecule has 126 valence electrons. The molecule has 2 rings (SSSR count). The first-order valence-corrected chi connectivity index (χ1v) is 8.81. The molecule has 24 heavy (non-hydrogen) atoms. The Kier molecular flexibility index (Phi) is 7.00. The lowest BCUT2D eigenvalue weighted by Crippen LogP contribution is -2.33. The maximum absolute atomic E-state index is 12.0. The third-order valence-corrected chi connectivity index (χ3v) is 4.28. The molecule has 5 heteroatoms. The molecular weight excluding hydrogens is 368 g/mol. The first-order chi connectivity index (χ1) is 11.6. The van der Waals surface area contributed by atoms with Crippen LogP contribution in [0.5, 0.6) is 0 Å². The van der Waals surface area contributed by atoms with Gasteiger partial charge in [0.25, 0.3) is 5.91 Å². The minimum Gasteiger partial charge on any atom is -0.343 e. The van der Waals surface area contributed by atoms with E-state index in [0.29, 0.717) is 10.0 Å². The zero-order valence-electron chi connectivity index (χ0n) is 13.6. The summed E-state index contributed by atoms with van der Waals surface area (Å²) in [5, 5.41) is 5.40. The fourth-order valence-electron chi connectivity index (χ4n) is 2.24. The Hall–Kier alpha value is -2.14. The van der Waals surface area contributed by atoms with Crippen LogP contribution in [0.25, 0.3) is 0 Å². The zero-order chi connectivity index (χ0) is 17.4. The number of unbranched alkanes of at least 4 members (excludes halogenated alkanes) is 1. The van der Waals surface area contributed by atoms with E-state index in [1.54, 1.807) is 18.2 Å². The van der Waals surface area contributed by atoms with Crippen LogP contribution in [0.15, 0.2) is 53.0 Å². The lowest BCUT2D eigenvalue weighted by Gasteiger charge is -2.08. The molecule has 0 bridgehead atoms. The predicted molar refractivity (Wildman–Crippen MR) is 100 cm³/mol. The molecule has 4 nitrogen and oxygen atoms in total. The van der Waals surface area contributed by atoms with Crippen LogP contribution in [0.1, 0.15) is 35.7 Å². The molecule has 2 aromatic rings. The Morgan fingerprint density at radius 1 is 1.04 bits per heavy atom. The standard InChI is InChI=1S/C19H21BrN2O2/c1-2-3-6-14-9-11-15(12-10-14)22-18(23)13-21-19(24)16-7-4-5-8-17(16)20/h4-5,7-12H,2-3,6,13H2,1H3,(H,21,24)(H,22,23). The van der Waals surface area contributed by atoms with Gasteiger partial charge in [-0.25, -0.2) is 0 Å². The second kappa shape index (κ2) is 9.23. The molecule has 0 atom stereocenters. The summed E-state index contributed by atoms with van der Waals surface area (Å²) in [6, 6.07) is 14.9. The van der Waals surface area contributed by atoms with Gasteiger partial charge in [-0.1, -0.05) is 37.6 Å². The third-order valence-electron chi connectivity index (χ3n) is 3.58. The van der Waals surface area contributed by atoms with E-state index in [1.165, 1.54) is 5.56 Å². The first-order valence-electron chi connectivity index (χ1n) is 8.01. The topological polar surface area (TPSA) is 58.2 Å². The number of benzene rings is 2. The fraction of sp³-hybridized carbons (Fsp3) is 0.263. The summed E-state index contributed by atoms with van der Waals surface area (Å²) in [5.74, 6) is -0.538. The van der Waals surface area contributed by atoms with Crippen LogP contribution < -0.4 is 10.6 Å². The van der Waals surface area contributed by atoms with Gasteiger partial charge in [-0.15, -0.1) is 0 Å². The van der Waals surface area contributed by atoms with E-state index in [2.05, 4.69) is 33.5 Å². The molecule has 0 aliphatic carbocycles. The molecule has 0 aliphatic heterocycles. The summed E-state index contributed by atoms with van der Waals surface area (Å²) in [6.07, 6.45) is 3.37. The van der Waals surface area contributed by atoms with Crippen molar-refractivity contribution < 1.29 is 9.59 Å². The Labute approximate surface area is 150 Å². The number of nitrogens with one attached hydrogen (secondary N) is 2. The number of carbonyl (C=O) groups excluding carboxylic acids is 2. The van der Waals surface area contributed by atoms with Gasteiger partial charge in [-0.05, 0) is 58.6 Å². The molecule has 0 radical (unpaired) electrons. The van der Waals surface area contributed by atoms with Crippen molar-refractivity contribution in [3.8, 4) is 0 Å². The second-order valence-electron chi connectivity index (χ2n) is 5.51. The third kappa shape index (κ3) is 5.49. The Morgan fingerprint density at radius 3 is 2.42 bits per heavy atom. The van der Waals surface area contributed by atoms with Gasteiger partial charge in [-0.2, -0.15) is 0 Å². The fourth-order valence-corrected chi connectivity index (χ4v) is 2.71. The monoisotopic (exact) mass is 388 g/mol. The van der Waals surface area contributed by atoms with Gasteiger partial charge in [0.05, 0.1) is 12.1 Å². The maximum atomic E-state index is 12.0. The number of carbonyl (C=O) groups is 2. The molecular formula is C19H21BrN2O2. The molecule has 2 amide bonds. The van der Waals surface area contributed by atoms with Gasteiger partial charge in [-0.3, -0.25) is 9.59 Å². The Balaban J connectivity index is 1.83. The van der Waals surface area contributed by atoms with Crippen molar-refractivity contribution >= 4 is 33.4 Å². The zero-order valence-corrected chi connectivity index (χ0v) is 15.2. The van der Waals surface area contributed by atoms with E-state index >= 15 is 0 Å². The number of anilines is 1. The van der Waals surface area contributed by atoms with Crippen LogP contribution in [-0.2, 0) is 11.2 Å². The summed E-state index contributed by atoms with van der Waals surface area (Å²) in [7, 11) is 0. The Bertz CT molecular complexity index is 699. The van der Waals surface area contributed by atoms with Crippen LogP contribution in [0.2, 0.25) is 0 Å². The number of hydrogen-bond donors (Lipinski definition) is 2. The number of hydrogen-bond acceptors (Lipinski definition) is 2. The summed E-state index contributed by atoms with van der Waals surface area (Å²) in [6.45, 7) is 2.09. The lowest BCUT2D eigenvalue weighted by atomic mass is 10.1. The van der Waals surface area contributed by atoms with E-state index in [0.717, 1.165) is 24.9 Å². The smallest absolute Gasteiger partial charge is 0.252 e. The van der Waals surface area contributed by atoms with Crippen molar-refractivity contribution in [2.45, 2.75) is 26.2 Å². The summed E-state index contributed by atoms with van der Waals surface area (Å²) in [5.41, 5.74) is 2.50. The van der Waals surface area contributed by atoms with Crippen molar-refractivity contribution in [2.75, 3.05) is 11.9 Å². The minimum atomic E-state index is -0.285. The average Bonchev–Trinajstić information content (AvgIpc) is 2.59. The quantitative estimate of drug-likeness (QED) is 0.747. The maximum Gasteiger partial charge on any atom is 0.252 e.